The molecule has 2 rings (SSSR count). The third kappa shape index (κ3) is 4.69. The van der Waals surface area contributed by atoms with Crippen molar-refractivity contribution in [2.45, 2.75) is 38.1 Å². The maximum absolute atomic E-state index is 9.12. The highest BCUT2D eigenvalue weighted by atomic mass is 16.5. The summed E-state index contributed by atoms with van der Waals surface area (Å²) in [4.78, 5) is 2.50. The number of ether oxygens (including phenoxy) is 1. The van der Waals surface area contributed by atoms with Gasteiger partial charge in [0, 0.05) is 30.9 Å². The van der Waals surface area contributed by atoms with E-state index < -0.39 is 0 Å². The Labute approximate surface area is 121 Å². The summed E-state index contributed by atoms with van der Waals surface area (Å²) in [6, 6.07) is 8.12. The van der Waals surface area contributed by atoms with Gasteiger partial charge in [-0.15, -0.1) is 0 Å². The minimum absolute atomic E-state index is 0.293. The van der Waals surface area contributed by atoms with Crippen molar-refractivity contribution >= 4 is 5.69 Å². The molecule has 1 unspecified atom stereocenters. The van der Waals surface area contributed by atoms with Crippen molar-refractivity contribution in [3.63, 3.8) is 0 Å². The molecular weight excluding hydrogens is 252 g/mol. The summed E-state index contributed by atoms with van der Waals surface area (Å²) in [6.07, 6.45) is 5.70. The lowest BCUT2D eigenvalue weighted by molar-refractivity contribution is 0.112. The lowest BCUT2D eigenvalue weighted by Crippen LogP contribution is -2.40. The zero-order valence-electron chi connectivity index (χ0n) is 12.1. The Morgan fingerprint density at radius 2 is 2.25 bits per heavy atom. The quantitative estimate of drug-likeness (QED) is 0.593. The van der Waals surface area contributed by atoms with E-state index in [2.05, 4.69) is 4.90 Å². The van der Waals surface area contributed by atoms with Crippen LogP contribution in [0.25, 0.3) is 0 Å². The number of benzene rings is 1. The van der Waals surface area contributed by atoms with Crippen molar-refractivity contribution in [1.29, 1.82) is 0 Å². The van der Waals surface area contributed by atoms with E-state index in [0.717, 1.165) is 37.4 Å². The molecule has 1 heterocycles. The number of piperidine rings is 1. The van der Waals surface area contributed by atoms with Gasteiger partial charge in [0.05, 0.1) is 6.61 Å². The van der Waals surface area contributed by atoms with Crippen LogP contribution < -0.4 is 10.5 Å². The van der Waals surface area contributed by atoms with Gasteiger partial charge < -0.3 is 20.5 Å². The van der Waals surface area contributed by atoms with Crippen LogP contribution >= 0.6 is 0 Å². The molecular formula is C16H26N2O2. The van der Waals surface area contributed by atoms with Crippen molar-refractivity contribution in [2.24, 2.45) is 0 Å². The third-order valence-electron chi connectivity index (χ3n) is 3.93. The molecule has 1 atom stereocenters. The Kier molecular flexibility index (Phi) is 6.15. The second kappa shape index (κ2) is 8.12. The lowest BCUT2D eigenvalue weighted by atomic mass is 9.99. The molecule has 1 aliphatic rings. The molecule has 3 N–H and O–H groups in total. The highest BCUT2D eigenvalue weighted by molar-refractivity contribution is 5.43. The van der Waals surface area contributed by atoms with Crippen LogP contribution in [-0.4, -0.2) is 42.4 Å². The normalized spacial score (nSPS) is 19.9. The number of aliphatic hydroxyl groups is 1. The van der Waals surface area contributed by atoms with Gasteiger partial charge in [-0.25, -0.2) is 0 Å². The van der Waals surface area contributed by atoms with Crippen LogP contribution in [-0.2, 0) is 0 Å². The second-order valence-electron chi connectivity index (χ2n) is 5.47. The zero-order valence-corrected chi connectivity index (χ0v) is 12.1. The van der Waals surface area contributed by atoms with Gasteiger partial charge in [-0.3, -0.25) is 0 Å². The third-order valence-corrected chi connectivity index (χ3v) is 3.93. The summed E-state index contributed by atoms with van der Waals surface area (Å²) in [7, 11) is 0. The Balaban J connectivity index is 1.69. The number of nitrogen functional groups attached to an aromatic ring is 1. The summed E-state index contributed by atoms with van der Waals surface area (Å²) in [5, 5.41) is 9.12. The molecule has 0 radical (unpaired) electrons. The van der Waals surface area contributed by atoms with Gasteiger partial charge in [-0.05, 0) is 44.4 Å². The Hall–Kier alpha value is -1.26. The van der Waals surface area contributed by atoms with Crippen molar-refractivity contribution in [3.05, 3.63) is 24.3 Å². The number of likely N-dealkylation sites (tertiary alicyclic amines) is 1. The summed E-state index contributed by atoms with van der Waals surface area (Å²) in [6.45, 7) is 3.21. The maximum atomic E-state index is 9.12. The van der Waals surface area contributed by atoms with E-state index in [4.69, 9.17) is 15.6 Å². The lowest BCUT2D eigenvalue weighted by Gasteiger charge is -2.35. The van der Waals surface area contributed by atoms with Crippen molar-refractivity contribution in [3.8, 4) is 5.75 Å². The summed E-state index contributed by atoms with van der Waals surface area (Å²) >= 11 is 0. The molecule has 0 spiro atoms. The fourth-order valence-corrected chi connectivity index (χ4v) is 2.89. The van der Waals surface area contributed by atoms with Gasteiger partial charge in [0.15, 0.2) is 0 Å². The van der Waals surface area contributed by atoms with Crippen molar-refractivity contribution in [2.75, 3.05) is 32.0 Å². The van der Waals surface area contributed by atoms with Crippen LogP contribution in [0, 0.1) is 0 Å². The van der Waals surface area contributed by atoms with Gasteiger partial charge in [-0.1, -0.05) is 12.5 Å². The van der Waals surface area contributed by atoms with Crippen LogP contribution in [0.4, 0.5) is 5.69 Å². The predicted molar refractivity (Wildman–Crippen MR) is 81.9 cm³/mol. The first-order valence-corrected chi connectivity index (χ1v) is 7.63. The van der Waals surface area contributed by atoms with Gasteiger partial charge >= 0.3 is 0 Å². The maximum Gasteiger partial charge on any atom is 0.121 e. The molecule has 1 fully saturated rings. The van der Waals surface area contributed by atoms with Gasteiger partial charge in [0.1, 0.15) is 5.75 Å². The first kappa shape index (κ1) is 15.1. The molecule has 1 saturated heterocycles. The number of nitrogens with two attached hydrogens (primary N) is 1. The topological polar surface area (TPSA) is 58.7 Å². The summed E-state index contributed by atoms with van der Waals surface area (Å²) in [5.41, 5.74) is 6.46. The molecule has 20 heavy (non-hydrogen) atoms. The van der Waals surface area contributed by atoms with E-state index in [1.165, 1.54) is 19.3 Å². The van der Waals surface area contributed by atoms with E-state index in [1.807, 2.05) is 24.3 Å². The fourth-order valence-electron chi connectivity index (χ4n) is 2.89. The molecule has 0 saturated carbocycles. The smallest absolute Gasteiger partial charge is 0.121 e. The number of hydrogen-bond acceptors (Lipinski definition) is 4. The van der Waals surface area contributed by atoms with Crippen molar-refractivity contribution in [1.82, 2.24) is 4.90 Å². The molecule has 0 bridgehead atoms. The molecule has 1 aromatic carbocycles. The highest BCUT2D eigenvalue weighted by Gasteiger charge is 2.21. The average molecular weight is 278 g/mol. The minimum atomic E-state index is 0.293. The molecule has 4 heteroatoms. The average Bonchev–Trinajstić information content (AvgIpc) is 2.46. The monoisotopic (exact) mass is 278 g/mol. The largest absolute Gasteiger partial charge is 0.493 e. The highest BCUT2D eigenvalue weighted by Crippen LogP contribution is 2.20. The van der Waals surface area contributed by atoms with E-state index in [-0.39, 0.29) is 0 Å². The van der Waals surface area contributed by atoms with Gasteiger partial charge in [0.25, 0.3) is 0 Å². The number of rotatable bonds is 7. The summed E-state index contributed by atoms with van der Waals surface area (Å²) < 4.78 is 5.72. The first-order valence-electron chi connectivity index (χ1n) is 7.63. The van der Waals surface area contributed by atoms with Crippen LogP contribution in [0.2, 0.25) is 0 Å². The molecule has 0 amide bonds. The standard InChI is InChI=1S/C16H26N2O2/c17-14-5-3-7-16(13-14)20-12-4-10-18-9-2-1-6-15(18)8-11-19/h3,5,7,13,15,19H,1-2,4,6,8-12,17H2. The van der Waals surface area contributed by atoms with Crippen LogP contribution in [0.15, 0.2) is 24.3 Å². The molecule has 112 valence electrons. The van der Waals surface area contributed by atoms with E-state index in [9.17, 15) is 0 Å². The Bertz CT molecular complexity index is 396. The van der Waals surface area contributed by atoms with E-state index in [0.29, 0.717) is 19.3 Å². The zero-order chi connectivity index (χ0) is 14.2. The van der Waals surface area contributed by atoms with Crippen LogP contribution in [0.3, 0.4) is 0 Å². The number of anilines is 1. The number of nitrogens with zero attached hydrogens (tertiary/aromatic N) is 1. The Morgan fingerprint density at radius 3 is 3.05 bits per heavy atom. The van der Waals surface area contributed by atoms with E-state index >= 15 is 0 Å². The minimum Gasteiger partial charge on any atom is -0.493 e. The predicted octanol–water partition coefficient (Wildman–Crippen LogP) is 2.27. The SMILES string of the molecule is Nc1cccc(OCCCN2CCCCC2CCO)c1. The molecule has 4 nitrogen and oxygen atoms in total. The van der Waals surface area contributed by atoms with Crippen LogP contribution in [0.5, 0.6) is 5.75 Å². The Morgan fingerprint density at radius 1 is 1.35 bits per heavy atom. The van der Waals surface area contributed by atoms with Crippen LogP contribution in [0.1, 0.15) is 32.1 Å². The molecule has 1 aliphatic heterocycles. The van der Waals surface area contributed by atoms with Gasteiger partial charge in [0.2, 0.25) is 0 Å². The second-order valence-corrected chi connectivity index (χ2v) is 5.47. The van der Waals surface area contributed by atoms with Gasteiger partial charge in [-0.2, -0.15) is 0 Å². The molecule has 1 aromatic rings. The number of hydrogen-bond donors (Lipinski definition) is 2. The van der Waals surface area contributed by atoms with E-state index in [1.54, 1.807) is 0 Å². The molecule has 0 aromatic heterocycles. The first-order chi connectivity index (χ1) is 9.79. The molecule has 0 aliphatic carbocycles. The fraction of sp³-hybridized carbons (Fsp3) is 0.625. The summed E-state index contributed by atoms with van der Waals surface area (Å²) in [5.74, 6) is 0.843. The van der Waals surface area contributed by atoms with Crippen molar-refractivity contribution < 1.29 is 9.84 Å². The number of aliphatic hydroxyl groups excluding tert-OH is 1.